The van der Waals surface area contributed by atoms with E-state index in [1.54, 1.807) is 6.92 Å². The minimum absolute atomic E-state index is 0.0711. The van der Waals surface area contributed by atoms with Crippen LogP contribution in [0.2, 0.25) is 0 Å². The highest BCUT2D eigenvalue weighted by molar-refractivity contribution is 7.89. The van der Waals surface area contributed by atoms with E-state index in [1.807, 2.05) is 25.7 Å². The molecule has 1 aromatic rings. The fraction of sp³-hybridized carbons (Fsp3) is 0.588. The average molecular weight is 371 g/mol. The van der Waals surface area contributed by atoms with Gasteiger partial charge >= 0.3 is 0 Å². The fourth-order valence-electron chi connectivity index (χ4n) is 2.83. The molecule has 1 N–H and O–H groups in total. The van der Waals surface area contributed by atoms with Gasteiger partial charge in [0.2, 0.25) is 15.9 Å². The Bertz CT molecular complexity index is 736. The van der Waals surface area contributed by atoms with Gasteiger partial charge in [-0.25, -0.2) is 12.8 Å². The molecule has 2 rings (SSSR count). The number of amides is 1. The zero-order valence-electron chi connectivity index (χ0n) is 15.2. The first kappa shape index (κ1) is 19.8. The predicted octanol–water partition coefficient (Wildman–Crippen LogP) is 1.36. The zero-order chi connectivity index (χ0) is 18.8. The lowest BCUT2D eigenvalue weighted by atomic mass is 10.1. The third kappa shape index (κ3) is 5.23. The van der Waals surface area contributed by atoms with E-state index in [2.05, 4.69) is 5.32 Å². The molecule has 0 aromatic heterocycles. The van der Waals surface area contributed by atoms with Crippen LogP contribution >= 0.6 is 0 Å². The van der Waals surface area contributed by atoms with Crippen molar-refractivity contribution in [3.63, 3.8) is 0 Å². The molecule has 8 heteroatoms. The van der Waals surface area contributed by atoms with Crippen molar-refractivity contribution in [2.45, 2.75) is 38.1 Å². The SMILES string of the molecule is Cc1cc(F)ccc1S(=O)(=O)N1CCN(CC(=O)NC(C)(C)C)CC1. The molecule has 1 heterocycles. The highest BCUT2D eigenvalue weighted by Gasteiger charge is 2.30. The highest BCUT2D eigenvalue weighted by Crippen LogP contribution is 2.21. The number of nitrogens with zero attached hydrogens (tertiary/aromatic N) is 2. The lowest BCUT2D eigenvalue weighted by Gasteiger charge is -2.34. The zero-order valence-corrected chi connectivity index (χ0v) is 16.0. The Hall–Kier alpha value is -1.51. The largest absolute Gasteiger partial charge is 0.350 e. The van der Waals surface area contributed by atoms with E-state index in [0.717, 1.165) is 6.07 Å². The molecule has 25 heavy (non-hydrogen) atoms. The Morgan fingerprint density at radius 3 is 2.32 bits per heavy atom. The summed E-state index contributed by atoms with van der Waals surface area (Å²) >= 11 is 0. The predicted molar refractivity (Wildman–Crippen MR) is 94.2 cm³/mol. The van der Waals surface area contributed by atoms with E-state index in [1.165, 1.54) is 16.4 Å². The minimum atomic E-state index is -3.65. The summed E-state index contributed by atoms with van der Waals surface area (Å²) in [7, 11) is -3.65. The molecular weight excluding hydrogens is 345 g/mol. The molecule has 1 amide bonds. The van der Waals surface area contributed by atoms with Crippen molar-refractivity contribution in [1.82, 2.24) is 14.5 Å². The number of carbonyl (C=O) groups is 1. The second kappa shape index (κ2) is 7.39. The number of piperazine rings is 1. The highest BCUT2D eigenvalue weighted by atomic mass is 32.2. The van der Waals surface area contributed by atoms with Gasteiger partial charge in [0.25, 0.3) is 0 Å². The van der Waals surface area contributed by atoms with Crippen LogP contribution in [0, 0.1) is 12.7 Å². The molecular formula is C17H26FN3O3S. The van der Waals surface area contributed by atoms with Crippen molar-refractivity contribution in [3.8, 4) is 0 Å². The smallest absolute Gasteiger partial charge is 0.243 e. The molecule has 1 saturated heterocycles. The first-order valence-corrected chi connectivity index (χ1v) is 9.73. The topological polar surface area (TPSA) is 69.7 Å². The number of hydrogen-bond acceptors (Lipinski definition) is 4. The third-order valence-electron chi connectivity index (χ3n) is 3.97. The number of aryl methyl sites for hydroxylation is 1. The number of halogens is 1. The van der Waals surface area contributed by atoms with E-state index in [0.29, 0.717) is 31.7 Å². The molecule has 0 aliphatic carbocycles. The van der Waals surface area contributed by atoms with E-state index in [9.17, 15) is 17.6 Å². The molecule has 1 fully saturated rings. The van der Waals surface area contributed by atoms with Crippen molar-refractivity contribution in [1.29, 1.82) is 0 Å². The van der Waals surface area contributed by atoms with Gasteiger partial charge in [-0.3, -0.25) is 9.69 Å². The lowest BCUT2D eigenvalue weighted by molar-refractivity contribution is -0.123. The maximum Gasteiger partial charge on any atom is 0.243 e. The van der Waals surface area contributed by atoms with Crippen LogP contribution < -0.4 is 5.32 Å². The van der Waals surface area contributed by atoms with Crippen LogP contribution in [-0.4, -0.2) is 61.8 Å². The molecule has 0 radical (unpaired) electrons. The normalized spacial score (nSPS) is 17.5. The van der Waals surface area contributed by atoms with Crippen molar-refractivity contribution >= 4 is 15.9 Å². The molecule has 1 aliphatic heterocycles. The van der Waals surface area contributed by atoms with E-state index in [4.69, 9.17) is 0 Å². The van der Waals surface area contributed by atoms with E-state index >= 15 is 0 Å². The monoisotopic (exact) mass is 371 g/mol. The third-order valence-corrected chi connectivity index (χ3v) is 6.03. The van der Waals surface area contributed by atoms with Crippen LogP contribution in [0.15, 0.2) is 23.1 Å². The van der Waals surface area contributed by atoms with Crippen LogP contribution in [0.4, 0.5) is 4.39 Å². The molecule has 0 atom stereocenters. The second-order valence-corrected chi connectivity index (χ2v) is 9.29. The molecule has 0 bridgehead atoms. The van der Waals surface area contributed by atoms with Gasteiger partial charge in [-0.1, -0.05) is 0 Å². The van der Waals surface area contributed by atoms with E-state index in [-0.39, 0.29) is 22.9 Å². The van der Waals surface area contributed by atoms with Gasteiger partial charge in [-0.2, -0.15) is 4.31 Å². The number of nitrogens with one attached hydrogen (secondary N) is 1. The number of hydrogen-bond donors (Lipinski definition) is 1. The summed E-state index contributed by atoms with van der Waals surface area (Å²) in [6, 6.07) is 3.69. The molecule has 0 saturated carbocycles. The van der Waals surface area contributed by atoms with Gasteiger partial charge in [0.1, 0.15) is 5.82 Å². The molecule has 140 valence electrons. The summed E-state index contributed by atoms with van der Waals surface area (Å²) in [5, 5.41) is 2.90. The lowest BCUT2D eigenvalue weighted by Crippen LogP contribution is -2.52. The van der Waals surface area contributed by atoms with Gasteiger partial charge in [-0.05, 0) is 51.5 Å². The first-order valence-electron chi connectivity index (χ1n) is 8.29. The van der Waals surface area contributed by atoms with Crippen molar-refractivity contribution < 1.29 is 17.6 Å². The number of benzene rings is 1. The van der Waals surface area contributed by atoms with Gasteiger partial charge in [-0.15, -0.1) is 0 Å². The van der Waals surface area contributed by atoms with Crippen LogP contribution in [0.5, 0.6) is 0 Å². The Labute approximate surface area is 149 Å². The van der Waals surface area contributed by atoms with Crippen LogP contribution in [0.3, 0.4) is 0 Å². The first-order chi connectivity index (χ1) is 11.5. The Balaban J connectivity index is 1.98. The molecule has 1 aromatic carbocycles. The molecule has 0 unspecified atom stereocenters. The van der Waals surface area contributed by atoms with Crippen LogP contribution in [0.1, 0.15) is 26.3 Å². The molecule has 1 aliphatic rings. The maximum absolute atomic E-state index is 13.2. The van der Waals surface area contributed by atoms with Gasteiger partial charge in [0.15, 0.2) is 0 Å². The fourth-order valence-corrected chi connectivity index (χ4v) is 4.46. The number of carbonyl (C=O) groups excluding carboxylic acids is 1. The Kier molecular flexibility index (Phi) is 5.86. The molecule has 0 spiro atoms. The number of sulfonamides is 1. The van der Waals surface area contributed by atoms with Gasteiger partial charge in [0, 0.05) is 31.7 Å². The van der Waals surface area contributed by atoms with Crippen molar-refractivity contribution in [3.05, 3.63) is 29.6 Å². The summed E-state index contributed by atoms with van der Waals surface area (Å²) in [6.07, 6.45) is 0. The summed E-state index contributed by atoms with van der Waals surface area (Å²) in [4.78, 5) is 14.1. The van der Waals surface area contributed by atoms with Crippen molar-refractivity contribution in [2.24, 2.45) is 0 Å². The number of rotatable bonds is 4. The minimum Gasteiger partial charge on any atom is -0.350 e. The van der Waals surface area contributed by atoms with E-state index < -0.39 is 15.8 Å². The van der Waals surface area contributed by atoms with Crippen LogP contribution in [0.25, 0.3) is 0 Å². The Morgan fingerprint density at radius 2 is 1.80 bits per heavy atom. The summed E-state index contributed by atoms with van der Waals surface area (Å²) in [5.41, 5.74) is 0.106. The Morgan fingerprint density at radius 1 is 1.20 bits per heavy atom. The quantitative estimate of drug-likeness (QED) is 0.868. The average Bonchev–Trinajstić information content (AvgIpc) is 2.45. The summed E-state index contributed by atoms with van der Waals surface area (Å²) in [6.45, 7) is 9.17. The van der Waals surface area contributed by atoms with Crippen LogP contribution in [-0.2, 0) is 14.8 Å². The summed E-state index contributed by atoms with van der Waals surface area (Å²) in [5.74, 6) is -0.524. The van der Waals surface area contributed by atoms with Crippen molar-refractivity contribution in [2.75, 3.05) is 32.7 Å². The van der Waals surface area contributed by atoms with Gasteiger partial charge < -0.3 is 5.32 Å². The second-order valence-electron chi connectivity index (χ2n) is 7.39. The molecule has 6 nitrogen and oxygen atoms in total. The van der Waals surface area contributed by atoms with Gasteiger partial charge in [0.05, 0.1) is 11.4 Å². The maximum atomic E-state index is 13.2. The standard InChI is InChI=1S/C17H26FN3O3S/c1-13-11-14(18)5-6-15(13)25(23,24)21-9-7-20(8-10-21)12-16(22)19-17(2,3)4/h5-6,11H,7-10,12H2,1-4H3,(H,19,22). The summed E-state index contributed by atoms with van der Waals surface area (Å²) < 4.78 is 40.1.